The Kier molecular flexibility index (Phi) is 5.35. The van der Waals surface area contributed by atoms with Crippen molar-refractivity contribution < 1.29 is 14.3 Å². The molecular formula is C24H24N2O3. The molecule has 2 unspecified atom stereocenters. The summed E-state index contributed by atoms with van der Waals surface area (Å²) in [7, 11) is 0. The summed E-state index contributed by atoms with van der Waals surface area (Å²) in [5.41, 5.74) is 2.89. The molecule has 1 amide bonds. The zero-order chi connectivity index (χ0) is 20.4. The number of rotatable bonds is 4. The zero-order valence-corrected chi connectivity index (χ0v) is 16.5. The van der Waals surface area contributed by atoms with Crippen LogP contribution in [0.15, 0.2) is 48.5 Å². The van der Waals surface area contributed by atoms with Crippen molar-refractivity contribution in [3.05, 3.63) is 70.8 Å². The van der Waals surface area contributed by atoms with Gasteiger partial charge >= 0.3 is 6.09 Å². The SMILES string of the molecule is Cc1c(C#N)cccc1C(=O)C1CC2CCC(C1)N2C(=O)OCc1ccccc1. The van der Waals surface area contributed by atoms with Crippen LogP contribution in [-0.2, 0) is 11.3 Å². The molecule has 2 saturated heterocycles. The van der Waals surface area contributed by atoms with Gasteiger partial charge in [0.1, 0.15) is 6.61 Å². The number of nitrogens with zero attached hydrogens (tertiary/aromatic N) is 2. The Morgan fingerprint density at radius 2 is 1.76 bits per heavy atom. The highest BCUT2D eigenvalue weighted by atomic mass is 16.6. The molecule has 2 atom stereocenters. The lowest BCUT2D eigenvalue weighted by Gasteiger charge is -2.37. The summed E-state index contributed by atoms with van der Waals surface area (Å²) >= 11 is 0. The number of carbonyl (C=O) groups is 2. The van der Waals surface area contributed by atoms with Crippen molar-refractivity contribution in [3.8, 4) is 6.07 Å². The second-order valence-electron chi connectivity index (χ2n) is 7.95. The Hall–Kier alpha value is -3.13. The summed E-state index contributed by atoms with van der Waals surface area (Å²) in [5, 5.41) is 9.24. The van der Waals surface area contributed by atoms with Crippen LogP contribution in [0.3, 0.4) is 0 Å². The van der Waals surface area contributed by atoms with Crippen molar-refractivity contribution in [3.63, 3.8) is 0 Å². The Morgan fingerprint density at radius 1 is 1.07 bits per heavy atom. The van der Waals surface area contributed by atoms with Crippen LogP contribution in [0.5, 0.6) is 0 Å². The molecule has 2 aliphatic heterocycles. The molecule has 0 saturated carbocycles. The van der Waals surface area contributed by atoms with E-state index in [1.807, 2.05) is 42.2 Å². The van der Waals surface area contributed by atoms with E-state index in [0.29, 0.717) is 24.0 Å². The van der Waals surface area contributed by atoms with Crippen LogP contribution < -0.4 is 0 Å². The minimum Gasteiger partial charge on any atom is -0.445 e. The first-order valence-corrected chi connectivity index (χ1v) is 10.1. The van der Waals surface area contributed by atoms with Crippen molar-refractivity contribution in [2.75, 3.05) is 0 Å². The Balaban J connectivity index is 1.43. The van der Waals surface area contributed by atoms with Gasteiger partial charge in [0.25, 0.3) is 0 Å². The smallest absolute Gasteiger partial charge is 0.410 e. The molecule has 2 aromatic rings. The third-order valence-electron chi connectivity index (χ3n) is 6.24. The summed E-state index contributed by atoms with van der Waals surface area (Å²) < 4.78 is 5.54. The molecule has 2 bridgehead atoms. The van der Waals surface area contributed by atoms with Crippen LogP contribution in [0.25, 0.3) is 0 Å². The summed E-state index contributed by atoms with van der Waals surface area (Å²) in [4.78, 5) is 27.7. The zero-order valence-electron chi connectivity index (χ0n) is 16.5. The minimum absolute atomic E-state index is 0.0467. The normalized spacial score (nSPS) is 22.8. The van der Waals surface area contributed by atoms with E-state index in [0.717, 1.165) is 24.0 Å². The molecule has 5 nitrogen and oxygen atoms in total. The van der Waals surface area contributed by atoms with Crippen molar-refractivity contribution in [1.29, 1.82) is 5.26 Å². The van der Waals surface area contributed by atoms with Crippen LogP contribution in [0.1, 0.15) is 52.7 Å². The molecule has 148 valence electrons. The standard InChI is InChI=1S/C24H24N2O3/c1-16-18(14-25)8-5-9-22(16)23(27)19-12-20-10-11-21(13-19)26(20)24(28)29-15-17-6-3-2-4-7-17/h2-9,19-21H,10-13,15H2,1H3. The molecule has 0 spiro atoms. The molecule has 2 fully saturated rings. The summed E-state index contributed by atoms with van der Waals surface area (Å²) in [6.45, 7) is 2.09. The van der Waals surface area contributed by atoms with E-state index in [4.69, 9.17) is 4.74 Å². The van der Waals surface area contributed by atoms with E-state index in [9.17, 15) is 14.9 Å². The molecule has 0 aliphatic carbocycles. The Morgan fingerprint density at radius 3 is 2.41 bits per heavy atom. The van der Waals surface area contributed by atoms with Gasteiger partial charge in [0, 0.05) is 23.6 Å². The monoisotopic (exact) mass is 388 g/mol. The van der Waals surface area contributed by atoms with E-state index in [-0.39, 0.29) is 36.5 Å². The van der Waals surface area contributed by atoms with E-state index < -0.39 is 0 Å². The van der Waals surface area contributed by atoms with Crippen LogP contribution in [0.2, 0.25) is 0 Å². The second kappa shape index (κ2) is 8.08. The van der Waals surface area contributed by atoms with Gasteiger partial charge in [-0.15, -0.1) is 0 Å². The first kappa shape index (κ1) is 19.2. The molecule has 0 radical (unpaired) electrons. The van der Waals surface area contributed by atoms with Crippen LogP contribution >= 0.6 is 0 Å². The first-order valence-electron chi connectivity index (χ1n) is 10.1. The number of fused-ring (bicyclic) bond motifs is 2. The number of hydrogen-bond acceptors (Lipinski definition) is 4. The van der Waals surface area contributed by atoms with Gasteiger partial charge in [0.15, 0.2) is 5.78 Å². The van der Waals surface area contributed by atoms with E-state index in [2.05, 4.69) is 6.07 Å². The lowest BCUT2D eigenvalue weighted by atomic mass is 9.83. The predicted octanol–water partition coefficient (Wildman–Crippen LogP) is 4.63. The van der Waals surface area contributed by atoms with E-state index in [1.165, 1.54) is 0 Å². The molecule has 29 heavy (non-hydrogen) atoms. The van der Waals surface area contributed by atoms with Crippen LogP contribution in [0.4, 0.5) is 4.79 Å². The summed E-state index contributed by atoms with van der Waals surface area (Å²) in [6.07, 6.45) is 2.85. The van der Waals surface area contributed by atoms with Crippen molar-refractivity contribution >= 4 is 11.9 Å². The Labute approximate surface area is 170 Å². The average Bonchev–Trinajstić information content (AvgIpc) is 3.02. The number of benzene rings is 2. The van der Waals surface area contributed by atoms with Gasteiger partial charge in [-0.05, 0) is 49.8 Å². The summed E-state index contributed by atoms with van der Waals surface area (Å²) in [6, 6.07) is 17.2. The fourth-order valence-electron chi connectivity index (χ4n) is 4.73. The van der Waals surface area contributed by atoms with Crippen molar-refractivity contribution in [1.82, 2.24) is 4.90 Å². The number of hydrogen-bond donors (Lipinski definition) is 0. The van der Waals surface area contributed by atoms with Gasteiger partial charge in [-0.1, -0.05) is 42.5 Å². The van der Waals surface area contributed by atoms with Crippen LogP contribution in [-0.4, -0.2) is 28.9 Å². The number of Topliss-reactive ketones (excluding diaryl/α,β-unsaturated/α-hetero) is 1. The number of ether oxygens (including phenoxy) is 1. The topological polar surface area (TPSA) is 70.4 Å². The first-order chi connectivity index (χ1) is 14.1. The lowest BCUT2D eigenvalue weighted by molar-refractivity contribution is 0.0485. The van der Waals surface area contributed by atoms with Crippen molar-refractivity contribution in [2.24, 2.45) is 5.92 Å². The molecule has 2 aromatic carbocycles. The average molecular weight is 388 g/mol. The molecule has 5 heteroatoms. The van der Waals surface area contributed by atoms with Gasteiger partial charge in [-0.25, -0.2) is 4.79 Å². The maximum absolute atomic E-state index is 13.2. The predicted molar refractivity (Wildman–Crippen MR) is 108 cm³/mol. The number of amides is 1. The third kappa shape index (κ3) is 3.75. The number of ketones is 1. The molecular weight excluding hydrogens is 364 g/mol. The molecule has 0 aromatic heterocycles. The van der Waals surface area contributed by atoms with E-state index >= 15 is 0 Å². The lowest BCUT2D eigenvalue weighted by Crippen LogP contribution is -2.48. The third-order valence-corrected chi connectivity index (χ3v) is 6.24. The number of carbonyl (C=O) groups excluding carboxylic acids is 2. The highest BCUT2D eigenvalue weighted by molar-refractivity contribution is 5.99. The number of piperidine rings is 1. The van der Waals surface area contributed by atoms with Gasteiger partial charge in [0.05, 0.1) is 11.6 Å². The molecule has 4 rings (SSSR count). The van der Waals surface area contributed by atoms with Crippen molar-refractivity contribution in [2.45, 2.75) is 51.3 Å². The van der Waals surface area contributed by atoms with Gasteiger partial charge in [0.2, 0.25) is 0 Å². The minimum atomic E-state index is -0.282. The number of nitriles is 1. The quantitative estimate of drug-likeness (QED) is 0.716. The van der Waals surface area contributed by atoms with Gasteiger partial charge in [-0.3, -0.25) is 4.79 Å². The van der Waals surface area contributed by atoms with Gasteiger partial charge in [-0.2, -0.15) is 5.26 Å². The maximum Gasteiger partial charge on any atom is 0.410 e. The van der Waals surface area contributed by atoms with Gasteiger partial charge < -0.3 is 9.64 Å². The molecule has 2 heterocycles. The molecule has 2 aliphatic rings. The second-order valence-corrected chi connectivity index (χ2v) is 7.95. The largest absolute Gasteiger partial charge is 0.445 e. The highest BCUT2D eigenvalue weighted by Crippen LogP contribution is 2.40. The van der Waals surface area contributed by atoms with Crippen LogP contribution in [0, 0.1) is 24.2 Å². The fourth-order valence-corrected chi connectivity index (χ4v) is 4.73. The fraction of sp³-hybridized carbons (Fsp3) is 0.375. The molecule has 0 N–H and O–H groups in total. The Bertz CT molecular complexity index is 950. The summed E-state index contributed by atoms with van der Waals surface area (Å²) in [5.74, 6) is -0.0212. The van der Waals surface area contributed by atoms with E-state index in [1.54, 1.807) is 18.2 Å². The highest BCUT2D eigenvalue weighted by Gasteiger charge is 2.46. The maximum atomic E-state index is 13.2.